The average molecular weight is 259 g/mol. The van der Waals surface area contributed by atoms with E-state index >= 15 is 0 Å². The van der Waals surface area contributed by atoms with Crippen LogP contribution >= 0.6 is 0 Å². The summed E-state index contributed by atoms with van der Waals surface area (Å²) in [6.45, 7) is 1.23. The third-order valence-electron chi connectivity index (χ3n) is 5.07. The fraction of sp³-hybridized carbons (Fsp3) is 0.647. The first-order chi connectivity index (χ1) is 9.24. The minimum Gasteiger partial charge on any atom is -0.392 e. The number of aliphatic hydroxyl groups excluding tert-OH is 1. The van der Waals surface area contributed by atoms with Crippen molar-refractivity contribution >= 4 is 0 Å². The first-order valence-electron chi connectivity index (χ1n) is 7.69. The number of piperidine rings is 1. The van der Waals surface area contributed by atoms with E-state index < -0.39 is 0 Å². The van der Waals surface area contributed by atoms with Gasteiger partial charge in [0.2, 0.25) is 0 Å². The third kappa shape index (κ3) is 2.85. The summed E-state index contributed by atoms with van der Waals surface area (Å²) in [4.78, 5) is 2.50. The lowest BCUT2D eigenvalue weighted by molar-refractivity contribution is 0.0646. The lowest BCUT2D eigenvalue weighted by Crippen LogP contribution is -2.41. The summed E-state index contributed by atoms with van der Waals surface area (Å²) in [6, 6.07) is 9.29. The van der Waals surface area contributed by atoms with Crippen molar-refractivity contribution in [1.82, 2.24) is 4.90 Å². The molecule has 1 aromatic rings. The van der Waals surface area contributed by atoms with Crippen molar-refractivity contribution in [3.05, 3.63) is 35.4 Å². The maximum atomic E-state index is 10.4. The predicted molar refractivity (Wildman–Crippen MR) is 78.2 cm³/mol. The van der Waals surface area contributed by atoms with Crippen LogP contribution in [0.3, 0.4) is 0 Å². The normalized spacial score (nSPS) is 32.0. The zero-order chi connectivity index (χ0) is 13.2. The Morgan fingerprint density at radius 2 is 1.89 bits per heavy atom. The molecule has 0 radical (unpaired) electrons. The molecule has 1 aliphatic carbocycles. The Bertz CT molecular complexity index is 431. The van der Waals surface area contributed by atoms with E-state index in [0.717, 1.165) is 19.3 Å². The second kappa shape index (κ2) is 5.64. The topological polar surface area (TPSA) is 23.5 Å². The Kier molecular flexibility index (Phi) is 3.90. The second-order valence-electron chi connectivity index (χ2n) is 6.37. The van der Waals surface area contributed by atoms with E-state index in [-0.39, 0.29) is 6.10 Å². The summed E-state index contributed by atoms with van der Waals surface area (Å²) in [7, 11) is 2.24. The second-order valence-corrected chi connectivity index (χ2v) is 6.37. The van der Waals surface area contributed by atoms with Gasteiger partial charge in [-0.3, -0.25) is 0 Å². The Labute approximate surface area is 116 Å². The molecule has 0 aromatic heterocycles. The van der Waals surface area contributed by atoms with Crippen LogP contribution in [0, 0.1) is 5.92 Å². The Balaban J connectivity index is 1.68. The minimum absolute atomic E-state index is 0.148. The van der Waals surface area contributed by atoms with Crippen LogP contribution in [0.1, 0.15) is 36.8 Å². The highest BCUT2D eigenvalue weighted by atomic mass is 16.3. The van der Waals surface area contributed by atoms with Gasteiger partial charge >= 0.3 is 0 Å². The molecule has 1 fully saturated rings. The number of rotatable bonds is 2. The lowest BCUT2D eigenvalue weighted by atomic mass is 9.77. The third-order valence-corrected chi connectivity index (χ3v) is 5.07. The van der Waals surface area contributed by atoms with Crippen molar-refractivity contribution in [2.45, 2.75) is 50.7 Å². The molecule has 2 aliphatic rings. The molecular weight excluding hydrogens is 234 g/mol. The maximum absolute atomic E-state index is 10.4. The molecule has 0 bridgehead atoms. The molecule has 1 aromatic carbocycles. The van der Waals surface area contributed by atoms with E-state index in [9.17, 15) is 5.11 Å². The standard InChI is InChI=1S/C17H25NO/c1-18-9-5-4-8-16(18)11-15-10-13-6-2-3-7-14(13)12-17(15)19/h2-3,6-7,15-17,19H,4-5,8-12H2,1H3/t15-,16?,17+/m1/s1. The van der Waals surface area contributed by atoms with Crippen molar-refractivity contribution in [3.8, 4) is 0 Å². The van der Waals surface area contributed by atoms with Crippen LogP contribution in [-0.2, 0) is 12.8 Å². The summed E-state index contributed by atoms with van der Waals surface area (Å²) >= 11 is 0. The van der Waals surface area contributed by atoms with Crippen LogP contribution in [0.15, 0.2) is 24.3 Å². The summed E-state index contributed by atoms with van der Waals surface area (Å²) in [5.41, 5.74) is 2.81. The van der Waals surface area contributed by atoms with E-state index in [4.69, 9.17) is 0 Å². The van der Waals surface area contributed by atoms with Gasteiger partial charge in [-0.2, -0.15) is 0 Å². The van der Waals surface area contributed by atoms with Crippen molar-refractivity contribution in [2.24, 2.45) is 5.92 Å². The molecule has 1 N–H and O–H groups in total. The Hall–Kier alpha value is -0.860. The van der Waals surface area contributed by atoms with Gasteiger partial charge in [0.15, 0.2) is 0 Å². The first kappa shape index (κ1) is 13.1. The van der Waals surface area contributed by atoms with Crippen LogP contribution in [0.4, 0.5) is 0 Å². The fourth-order valence-electron chi connectivity index (χ4n) is 3.80. The molecule has 0 amide bonds. The molecule has 3 atom stereocenters. The van der Waals surface area contributed by atoms with Crippen LogP contribution in [-0.4, -0.2) is 35.7 Å². The molecule has 2 nitrogen and oxygen atoms in total. The fourth-order valence-corrected chi connectivity index (χ4v) is 3.80. The van der Waals surface area contributed by atoms with E-state index in [1.54, 1.807) is 0 Å². The van der Waals surface area contributed by atoms with Crippen molar-refractivity contribution in [3.63, 3.8) is 0 Å². The Morgan fingerprint density at radius 1 is 1.16 bits per heavy atom. The van der Waals surface area contributed by atoms with Gasteiger partial charge in [0.05, 0.1) is 6.10 Å². The zero-order valence-electron chi connectivity index (χ0n) is 11.9. The van der Waals surface area contributed by atoms with Gasteiger partial charge in [0.1, 0.15) is 0 Å². The highest BCUT2D eigenvalue weighted by molar-refractivity contribution is 5.30. The predicted octanol–water partition coefficient (Wildman–Crippen LogP) is 2.64. The van der Waals surface area contributed by atoms with E-state index in [0.29, 0.717) is 12.0 Å². The van der Waals surface area contributed by atoms with Gasteiger partial charge in [-0.05, 0) is 62.7 Å². The molecule has 19 heavy (non-hydrogen) atoms. The molecule has 0 spiro atoms. The molecule has 1 aliphatic heterocycles. The van der Waals surface area contributed by atoms with Crippen molar-refractivity contribution in [2.75, 3.05) is 13.6 Å². The van der Waals surface area contributed by atoms with Gasteiger partial charge in [-0.25, -0.2) is 0 Å². The summed E-state index contributed by atoms with van der Waals surface area (Å²) in [5.74, 6) is 0.445. The molecular formula is C17H25NO. The molecule has 3 rings (SSSR count). The largest absolute Gasteiger partial charge is 0.392 e. The van der Waals surface area contributed by atoms with Crippen LogP contribution < -0.4 is 0 Å². The molecule has 1 saturated heterocycles. The smallest absolute Gasteiger partial charge is 0.0612 e. The quantitative estimate of drug-likeness (QED) is 0.882. The van der Waals surface area contributed by atoms with Crippen molar-refractivity contribution < 1.29 is 5.11 Å². The first-order valence-corrected chi connectivity index (χ1v) is 7.69. The number of fused-ring (bicyclic) bond motifs is 1. The maximum Gasteiger partial charge on any atom is 0.0612 e. The highest BCUT2D eigenvalue weighted by Crippen LogP contribution is 2.31. The van der Waals surface area contributed by atoms with Crippen molar-refractivity contribution in [1.29, 1.82) is 0 Å². The molecule has 1 heterocycles. The van der Waals surface area contributed by atoms with Crippen LogP contribution in [0.25, 0.3) is 0 Å². The number of nitrogens with zero attached hydrogens (tertiary/aromatic N) is 1. The number of likely N-dealkylation sites (tertiary alicyclic amines) is 1. The number of hydrogen-bond donors (Lipinski definition) is 1. The summed E-state index contributed by atoms with van der Waals surface area (Å²) in [5, 5.41) is 10.4. The van der Waals surface area contributed by atoms with Crippen LogP contribution in [0.5, 0.6) is 0 Å². The molecule has 1 unspecified atom stereocenters. The van der Waals surface area contributed by atoms with Gasteiger partial charge in [0.25, 0.3) is 0 Å². The minimum atomic E-state index is -0.148. The monoisotopic (exact) mass is 259 g/mol. The zero-order valence-corrected chi connectivity index (χ0v) is 11.9. The highest BCUT2D eigenvalue weighted by Gasteiger charge is 2.30. The van der Waals surface area contributed by atoms with Gasteiger partial charge < -0.3 is 10.0 Å². The van der Waals surface area contributed by atoms with Crippen LogP contribution in [0.2, 0.25) is 0 Å². The molecule has 2 heteroatoms. The summed E-state index contributed by atoms with van der Waals surface area (Å²) in [6.07, 6.45) is 6.91. The van der Waals surface area contributed by atoms with E-state index in [2.05, 4.69) is 36.2 Å². The van der Waals surface area contributed by atoms with Gasteiger partial charge in [-0.1, -0.05) is 30.7 Å². The van der Waals surface area contributed by atoms with E-state index in [1.165, 1.54) is 36.9 Å². The average Bonchev–Trinajstić information content (AvgIpc) is 2.42. The summed E-state index contributed by atoms with van der Waals surface area (Å²) < 4.78 is 0. The van der Waals surface area contributed by atoms with Gasteiger partial charge in [0, 0.05) is 6.04 Å². The number of benzene rings is 1. The SMILES string of the molecule is CN1CCCCC1C[C@H]1Cc2ccccc2C[C@@H]1O. The van der Waals surface area contributed by atoms with E-state index in [1.807, 2.05) is 0 Å². The Morgan fingerprint density at radius 3 is 2.63 bits per heavy atom. The number of hydrogen-bond acceptors (Lipinski definition) is 2. The molecule has 0 saturated carbocycles. The lowest BCUT2D eigenvalue weighted by Gasteiger charge is -2.38. The van der Waals surface area contributed by atoms with Gasteiger partial charge in [-0.15, -0.1) is 0 Å². The molecule has 104 valence electrons. The number of aliphatic hydroxyl groups is 1.